The second-order valence-electron chi connectivity index (χ2n) is 10.7. The molecule has 0 unspecified atom stereocenters. The Morgan fingerprint density at radius 3 is 2.54 bits per heavy atom. The Labute approximate surface area is 215 Å². The zero-order chi connectivity index (χ0) is 26.5. The van der Waals surface area contributed by atoms with Gasteiger partial charge in [-0.3, -0.25) is 9.48 Å². The molecule has 3 N–H and O–H groups in total. The fraction of sp³-hybridized carbons (Fsp3) is 0.286. The van der Waals surface area contributed by atoms with Gasteiger partial charge in [0.15, 0.2) is 0 Å². The summed E-state index contributed by atoms with van der Waals surface area (Å²) in [6.07, 6.45) is 7.60. The number of fused-ring (bicyclic) bond motifs is 1. The van der Waals surface area contributed by atoms with E-state index in [1.165, 1.54) is 0 Å². The first-order valence-electron chi connectivity index (χ1n) is 12.3. The van der Waals surface area contributed by atoms with Gasteiger partial charge in [0, 0.05) is 41.6 Å². The van der Waals surface area contributed by atoms with E-state index in [-0.39, 0.29) is 11.5 Å². The maximum absolute atomic E-state index is 12.1. The van der Waals surface area contributed by atoms with Gasteiger partial charge in [-0.25, -0.2) is 9.67 Å². The SMILES string of the molecule is CC(C)c1nn(-c2ccc(C(N)=O)c(NC(C)(C)C)c2)c2cccc(-n3cnc(-c4cnn(C)c4)c3)c12. The van der Waals surface area contributed by atoms with Crippen molar-refractivity contribution in [1.29, 1.82) is 0 Å². The summed E-state index contributed by atoms with van der Waals surface area (Å²) >= 11 is 0. The minimum atomic E-state index is -0.474. The van der Waals surface area contributed by atoms with E-state index in [1.807, 2.05) is 80.2 Å². The maximum Gasteiger partial charge on any atom is 0.250 e. The number of anilines is 1. The predicted octanol–water partition coefficient (Wildman–Crippen LogP) is 5.04. The molecule has 0 aliphatic carbocycles. The lowest BCUT2D eigenvalue weighted by Gasteiger charge is -2.24. The van der Waals surface area contributed by atoms with Crippen LogP contribution >= 0.6 is 0 Å². The normalized spacial score (nSPS) is 12.0. The fourth-order valence-corrected chi connectivity index (χ4v) is 4.54. The van der Waals surface area contributed by atoms with E-state index in [4.69, 9.17) is 10.8 Å². The van der Waals surface area contributed by atoms with Crippen LogP contribution in [0.2, 0.25) is 0 Å². The minimum Gasteiger partial charge on any atom is -0.380 e. The molecule has 0 bridgehead atoms. The number of nitrogens with two attached hydrogens (primary N) is 1. The van der Waals surface area contributed by atoms with Gasteiger partial charge in [0.2, 0.25) is 0 Å². The third-order valence-electron chi connectivity index (χ3n) is 6.14. The number of hydrogen-bond acceptors (Lipinski definition) is 5. The van der Waals surface area contributed by atoms with Crippen LogP contribution in [0, 0.1) is 0 Å². The number of carbonyl (C=O) groups excluding carboxylic acids is 1. The van der Waals surface area contributed by atoms with Crippen LogP contribution in [0.5, 0.6) is 0 Å². The second kappa shape index (κ2) is 8.92. The van der Waals surface area contributed by atoms with Crippen molar-refractivity contribution in [3.8, 4) is 22.6 Å². The van der Waals surface area contributed by atoms with Crippen molar-refractivity contribution in [1.82, 2.24) is 29.1 Å². The second-order valence-corrected chi connectivity index (χ2v) is 10.7. The van der Waals surface area contributed by atoms with E-state index in [0.717, 1.165) is 39.2 Å². The number of benzene rings is 2. The largest absolute Gasteiger partial charge is 0.380 e. The van der Waals surface area contributed by atoms with Crippen LogP contribution in [-0.4, -0.2) is 40.6 Å². The summed E-state index contributed by atoms with van der Waals surface area (Å²) in [7, 11) is 1.89. The Morgan fingerprint density at radius 2 is 1.89 bits per heavy atom. The van der Waals surface area contributed by atoms with Crippen LogP contribution in [0.25, 0.3) is 33.5 Å². The van der Waals surface area contributed by atoms with Crippen LogP contribution < -0.4 is 11.1 Å². The predicted molar refractivity (Wildman–Crippen MR) is 146 cm³/mol. The molecule has 0 aliphatic rings. The van der Waals surface area contributed by atoms with Crippen LogP contribution in [0.4, 0.5) is 5.69 Å². The summed E-state index contributed by atoms with van der Waals surface area (Å²) in [4.78, 5) is 16.7. The molecule has 3 heterocycles. The van der Waals surface area contributed by atoms with Crippen molar-refractivity contribution < 1.29 is 4.79 Å². The number of carbonyl (C=O) groups is 1. The molecule has 2 aromatic carbocycles. The highest BCUT2D eigenvalue weighted by atomic mass is 16.1. The topological polar surface area (TPSA) is 109 Å². The molecule has 5 rings (SSSR count). The lowest BCUT2D eigenvalue weighted by atomic mass is 10.0. The molecule has 1 amide bonds. The van der Waals surface area contributed by atoms with Crippen molar-refractivity contribution in [3.63, 3.8) is 0 Å². The van der Waals surface area contributed by atoms with Gasteiger partial charge in [-0.2, -0.15) is 10.2 Å². The summed E-state index contributed by atoms with van der Waals surface area (Å²) in [5.41, 5.74) is 12.1. The smallest absolute Gasteiger partial charge is 0.250 e. The molecule has 0 saturated heterocycles. The van der Waals surface area contributed by atoms with Gasteiger partial charge >= 0.3 is 0 Å². The van der Waals surface area contributed by atoms with Gasteiger partial charge in [0.25, 0.3) is 5.91 Å². The summed E-state index contributed by atoms with van der Waals surface area (Å²) in [5.74, 6) is -0.290. The van der Waals surface area contributed by atoms with Gasteiger partial charge in [-0.1, -0.05) is 19.9 Å². The van der Waals surface area contributed by atoms with Gasteiger partial charge in [0.1, 0.15) is 0 Å². The van der Waals surface area contributed by atoms with Crippen molar-refractivity contribution in [2.75, 3.05) is 5.32 Å². The number of hydrogen-bond donors (Lipinski definition) is 2. The minimum absolute atomic E-state index is 0.184. The Bertz CT molecular complexity index is 1610. The average molecular weight is 497 g/mol. The number of imidazole rings is 1. The zero-order valence-electron chi connectivity index (χ0n) is 22.0. The summed E-state index contributed by atoms with van der Waals surface area (Å²) in [6.45, 7) is 10.4. The molecule has 37 heavy (non-hydrogen) atoms. The van der Waals surface area contributed by atoms with Gasteiger partial charge < -0.3 is 15.6 Å². The number of aromatic nitrogens is 6. The third kappa shape index (κ3) is 4.60. The van der Waals surface area contributed by atoms with E-state index in [1.54, 1.807) is 10.7 Å². The van der Waals surface area contributed by atoms with Crippen molar-refractivity contribution in [2.24, 2.45) is 12.8 Å². The van der Waals surface area contributed by atoms with Gasteiger partial charge in [-0.15, -0.1) is 0 Å². The zero-order valence-corrected chi connectivity index (χ0v) is 22.0. The molecule has 0 atom stereocenters. The molecule has 3 aromatic heterocycles. The molecule has 190 valence electrons. The van der Waals surface area contributed by atoms with Crippen LogP contribution in [0.1, 0.15) is 56.6 Å². The Balaban J connectivity index is 1.68. The van der Waals surface area contributed by atoms with E-state index in [9.17, 15) is 4.79 Å². The molecular formula is C28H32N8O. The number of nitrogens with zero attached hydrogens (tertiary/aromatic N) is 6. The highest BCUT2D eigenvalue weighted by Gasteiger charge is 2.21. The van der Waals surface area contributed by atoms with Crippen molar-refractivity contribution in [3.05, 3.63) is 72.6 Å². The Kier molecular flexibility index (Phi) is 5.86. The first-order chi connectivity index (χ1) is 17.5. The molecular weight excluding hydrogens is 464 g/mol. The molecule has 0 aliphatic heterocycles. The number of nitrogens with one attached hydrogen (secondary N) is 1. The molecule has 0 fully saturated rings. The number of amides is 1. The molecule has 9 heteroatoms. The van der Waals surface area contributed by atoms with E-state index in [0.29, 0.717) is 11.3 Å². The lowest BCUT2D eigenvalue weighted by Crippen LogP contribution is -2.28. The number of rotatable bonds is 6. The Hall–Kier alpha value is -4.40. The van der Waals surface area contributed by atoms with Crippen LogP contribution in [-0.2, 0) is 7.05 Å². The maximum atomic E-state index is 12.1. The van der Waals surface area contributed by atoms with Crippen molar-refractivity contribution in [2.45, 2.75) is 46.1 Å². The highest BCUT2D eigenvalue weighted by molar-refractivity contribution is 5.99. The van der Waals surface area contributed by atoms with E-state index >= 15 is 0 Å². The Morgan fingerprint density at radius 1 is 1.11 bits per heavy atom. The summed E-state index contributed by atoms with van der Waals surface area (Å²) < 4.78 is 5.74. The molecule has 0 radical (unpaired) electrons. The van der Waals surface area contributed by atoms with Crippen LogP contribution in [0.3, 0.4) is 0 Å². The average Bonchev–Trinajstić information content (AvgIpc) is 3.55. The highest BCUT2D eigenvalue weighted by Crippen LogP contribution is 2.34. The van der Waals surface area contributed by atoms with Gasteiger partial charge in [0.05, 0.1) is 46.4 Å². The summed E-state index contributed by atoms with van der Waals surface area (Å²) in [6, 6.07) is 11.7. The van der Waals surface area contributed by atoms with E-state index < -0.39 is 5.91 Å². The molecule has 9 nitrogen and oxygen atoms in total. The molecule has 0 spiro atoms. The lowest BCUT2D eigenvalue weighted by molar-refractivity contribution is 0.100. The standard InChI is InChI=1S/C28H32N8O/c1-17(2)26-25-23(35-15-22(30-16-35)18-13-31-34(6)14-18)8-7-9-24(25)36(33-26)19-10-11-20(27(29)37)21(12-19)32-28(3,4)5/h7-17,32H,1-6H3,(H2,29,37). The molecule has 0 saturated carbocycles. The van der Waals surface area contributed by atoms with E-state index in [2.05, 4.69) is 41.4 Å². The first kappa shape index (κ1) is 24.3. The van der Waals surface area contributed by atoms with Crippen LogP contribution in [0.15, 0.2) is 61.3 Å². The summed E-state index contributed by atoms with van der Waals surface area (Å²) in [5, 5.41) is 13.8. The fourth-order valence-electron chi connectivity index (χ4n) is 4.54. The van der Waals surface area contributed by atoms with Crippen molar-refractivity contribution >= 4 is 22.5 Å². The quantitative estimate of drug-likeness (QED) is 0.342. The van der Waals surface area contributed by atoms with Gasteiger partial charge in [-0.05, 0) is 57.0 Å². The number of aryl methyl sites for hydroxylation is 1. The third-order valence-corrected chi connectivity index (χ3v) is 6.14. The molecule has 5 aromatic rings. The number of primary amides is 1. The monoisotopic (exact) mass is 496 g/mol. The first-order valence-corrected chi connectivity index (χ1v) is 12.3.